The minimum Gasteiger partial charge on any atom is -0.496 e. The lowest BCUT2D eigenvalue weighted by Crippen LogP contribution is -2.28. The quantitative estimate of drug-likeness (QED) is 0.647. The van der Waals surface area contributed by atoms with Gasteiger partial charge in [0.25, 0.3) is 0 Å². The van der Waals surface area contributed by atoms with Crippen LogP contribution in [0.2, 0.25) is 0 Å². The molecule has 0 radical (unpaired) electrons. The largest absolute Gasteiger partial charge is 0.496 e. The molecule has 4 nitrogen and oxygen atoms in total. The molecule has 2 rings (SSSR count). The summed E-state index contributed by atoms with van der Waals surface area (Å²) in [6, 6.07) is 9.51. The fourth-order valence-electron chi connectivity index (χ4n) is 1.96. The maximum atomic E-state index is 5.72. The Bertz CT molecular complexity index is 537. The molecule has 0 spiro atoms. The highest BCUT2D eigenvalue weighted by molar-refractivity contribution is 9.11. The molecule has 1 heterocycles. The van der Waals surface area contributed by atoms with Crippen LogP contribution in [0.15, 0.2) is 34.1 Å². The summed E-state index contributed by atoms with van der Waals surface area (Å²) in [5.41, 5.74) is 3.72. The molecule has 0 aliphatic rings. The number of hydrogen-bond acceptors (Lipinski definition) is 5. The molecule has 0 aliphatic heterocycles. The smallest absolute Gasteiger partial charge is 0.127 e. The lowest BCUT2D eigenvalue weighted by Gasteiger charge is -2.20. The Kier molecular flexibility index (Phi) is 4.81. The van der Waals surface area contributed by atoms with Crippen LogP contribution in [0.4, 0.5) is 0 Å². The van der Waals surface area contributed by atoms with E-state index < -0.39 is 0 Å². The van der Waals surface area contributed by atoms with E-state index in [2.05, 4.69) is 21.4 Å². The molecule has 19 heavy (non-hydrogen) atoms. The average Bonchev–Trinajstić information content (AvgIpc) is 2.86. The van der Waals surface area contributed by atoms with E-state index in [9.17, 15) is 0 Å². The van der Waals surface area contributed by atoms with Gasteiger partial charge in [0.2, 0.25) is 0 Å². The molecule has 0 bridgehead atoms. The van der Waals surface area contributed by atoms with Crippen LogP contribution in [0.3, 0.4) is 0 Å². The molecule has 1 aromatic heterocycles. The van der Waals surface area contributed by atoms with Crippen LogP contribution in [0.25, 0.3) is 0 Å². The summed E-state index contributed by atoms with van der Waals surface area (Å²) in [7, 11) is 3.27. The van der Waals surface area contributed by atoms with Crippen molar-refractivity contribution in [3.8, 4) is 11.5 Å². The van der Waals surface area contributed by atoms with Gasteiger partial charge in [-0.15, -0.1) is 11.3 Å². The second kappa shape index (κ2) is 6.38. The number of ether oxygens (including phenoxy) is 2. The lowest BCUT2D eigenvalue weighted by molar-refractivity contribution is 0.377. The molecular formula is C13H15BrN2O2S. The molecule has 2 aromatic rings. The van der Waals surface area contributed by atoms with Gasteiger partial charge in [-0.05, 0) is 40.2 Å². The van der Waals surface area contributed by atoms with Crippen LogP contribution in [0.5, 0.6) is 11.5 Å². The third-order valence-electron chi connectivity index (χ3n) is 2.80. The first kappa shape index (κ1) is 14.3. The Morgan fingerprint density at radius 2 is 1.79 bits per heavy atom. The van der Waals surface area contributed by atoms with Gasteiger partial charge in [-0.1, -0.05) is 6.07 Å². The highest BCUT2D eigenvalue weighted by Crippen LogP contribution is 2.39. The van der Waals surface area contributed by atoms with Crippen molar-refractivity contribution in [1.82, 2.24) is 5.43 Å². The normalized spacial score (nSPS) is 12.2. The van der Waals surface area contributed by atoms with Crippen molar-refractivity contribution in [2.75, 3.05) is 14.2 Å². The zero-order valence-electron chi connectivity index (χ0n) is 10.6. The molecule has 0 saturated carbocycles. The summed E-state index contributed by atoms with van der Waals surface area (Å²) in [4.78, 5) is 1.08. The summed E-state index contributed by atoms with van der Waals surface area (Å²) < 4.78 is 11.9. The van der Waals surface area contributed by atoms with E-state index in [4.69, 9.17) is 15.3 Å². The number of methoxy groups -OCH3 is 2. The first-order valence-corrected chi connectivity index (χ1v) is 7.24. The summed E-state index contributed by atoms with van der Waals surface area (Å²) in [6.07, 6.45) is 0. The number of halogens is 1. The topological polar surface area (TPSA) is 56.5 Å². The van der Waals surface area contributed by atoms with E-state index in [1.54, 1.807) is 25.6 Å². The standard InChI is InChI=1S/C13H15BrN2O2S/c1-17-8-4-3-5-9(18-2)12(8)13(16-15)10-6-7-11(14)19-10/h3-7,13,16H,15H2,1-2H3. The summed E-state index contributed by atoms with van der Waals surface area (Å²) in [5, 5.41) is 0. The Labute approximate surface area is 124 Å². The minimum atomic E-state index is -0.178. The van der Waals surface area contributed by atoms with Crippen LogP contribution in [-0.2, 0) is 0 Å². The second-order valence-electron chi connectivity index (χ2n) is 3.82. The Morgan fingerprint density at radius 1 is 1.16 bits per heavy atom. The predicted molar refractivity (Wildman–Crippen MR) is 80.7 cm³/mol. The summed E-state index contributed by atoms with van der Waals surface area (Å²) in [6.45, 7) is 0. The van der Waals surface area contributed by atoms with Gasteiger partial charge in [-0.2, -0.15) is 0 Å². The van der Waals surface area contributed by atoms with Crippen LogP contribution < -0.4 is 20.7 Å². The van der Waals surface area contributed by atoms with Gasteiger partial charge in [0, 0.05) is 4.88 Å². The maximum absolute atomic E-state index is 5.72. The van der Waals surface area contributed by atoms with Crippen molar-refractivity contribution >= 4 is 27.3 Å². The number of benzene rings is 1. The first-order valence-electron chi connectivity index (χ1n) is 5.63. The van der Waals surface area contributed by atoms with Gasteiger partial charge in [0.05, 0.1) is 29.6 Å². The van der Waals surface area contributed by atoms with Crippen LogP contribution in [0, 0.1) is 0 Å². The molecule has 3 N–H and O–H groups in total. The maximum Gasteiger partial charge on any atom is 0.127 e. The highest BCUT2D eigenvalue weighted by atomic mass is 79.9. The minimum absolute atomic E-state index is 0.178. The van der Waals surface area contributed by atoms with Crippen LogP contribution in [-0.4, -0.2) is 14.2 Å². The number of nitrogens with two attached hydrogens (primary N) is 1. The highest BCUT2D eigenvalue weighted by Gasteiger charge is 2.22. The molecule has 0 amide bonds. The van der Waals surface area contributed by atoms with E-state index in [1.165, 1.54) is 0 Å². The van der Waals surface area contributed by atoms with Crippen molar-refractivity contribution in [2.24, 2.45) is 5.84 Å². The predicted octanol–water partition coefficient (Wildman–Crippen LogP) is 3.08. The molecule has 0 saturated heterocycles. The van der Waals surface area contributed by atoms with E-state index in [-0.39, 0.29) is 6.04 Å². The van der Waals surface area contributed by atoms with E-state index in [0.29, 0.717) is 0 Å². The fourth-order valence-corrected chi connectivity index (χ4v) is 3.45. The van der Waals surface area contributed by atoms with Crippen molar-refractivity contribution in [3.63, 3.8) is 0 Å². The Morgan fingerprint density at radius 3 is 2.21 bits per heavy atom. The second-order valence-corrected chi connectivity index (χ2v) is 6.31. The molecule has 1 atom stereocenters. The van der Waals surface area contributed by atoms with Gasteiger partial charge >= 0.3 is 0 Å². The van der Waals surface area contributed by atoms with Crippen molar-refractivity contribution in [1.29, 1.82) is 0 Å². The monoisotopic (exact) mass is 342 g/mol. The van der Waals surface area contributed by atoms with E-state index in [0.717, 1.165) is 25.7 Å². The van der Waals surface area contributed by atoms with Gasteiger partial charge < -0.3 is 9.47 Å². The SMILES string of the molecule is COc1cccc(OC)c1C(NN)c1ccc(Br)s1. The van der Waals surface area contributed by atoms with Crippen LogP contribution >= 0.6 is 27.3 Å². The summed E-state index contributed by atoms with van der Waals surface area (Å²) >= 11 is 5.08. The molecule has 102 valence electrons. The van der Waals surface area contributed by atoms with Crippen molar-refractivity contribution in [3.05, 3.63) is 44.6 Å². The van der Waals surface area contributed by atoms with Gasteiger partial charge in [-0.25, -0.2) is 5.43 Å². The molecule has 0 fully saturated rings. The first-order chi connectivity index (χ1) is 9.21. The lowest BCUT2D eigenvalue weighted by atomic mass is 10.0. The van der Waals surface area contributed by atoms with Crippen LogP contribution in [0.1, 0.15) is 16.5 Å². The zero-order valence-corrected chi connectivity index (χ0v) is 13.0. The summed E-state index contributed by atoms with van der Waals surface area (Å²) in [5.74, 6) is 7.21. The van der Waals surface area contributed by atoms with Crippen molar-refractivity contribution in [2.45, 2.75) is 6.04 Å². The number of hydrazine groups is 1. The Hall–Kier alpha value is -1.08. The molecular weight excluding hydrogens is 328 g/mol. The molecule has 1 unspecified atom stereocenters. The van der Waals surface area contributed by atoms with E-state index in [1.807, 2.05) is 30.3 Å². The molecule has 6 heteroatoms. The zero-order chi connectivity index (χ0) is 13.8. The molecule has 1 aromatic carbocycles. The van der Waals surface area contributed by atoms with Gasteiger partial charge in [0.1, 0.15) is 11.5 Å². The number of thiophene rings is 1. The van der Waals surface area contributed by atoms with E-state index >= 15 is 0 Å². The fraction of sp³-hybridized carbons (Fsp3) is 0.231. The van der Waals surface area contributed by atoms with Gasteiger partial charge in [0.15, 0.2) is 0 Å². The number of rotatable bonds is 5. The number of hydrogen-bond donors (Lipinski definition) is 2. The third-order valence-corrected chi connectivity index (χ3v) is 4.49. The molecule has 0 aliphatic carbocycles. The van der Waals surface area contributed by atoms with Gasteiger partial charge in [-0.3, -0.25) is 5.84 Å². The van der Waals surface area contributed by atoms with Crippen molar-refractivity contribution < 1.29 is 9.47 Å². The average molecular weight is 343 g/mol. The Balaban J connectivity index is 2.53. The number of nitrogens with one attached hydrogen (secondary N) is 1. The third kappa shape index (κ3) is 2.92.